The molecule has 2 aromatic rings. The number of nitrogens with one attached hydrogen (secondary N) is 1. The van der Waals surface area contributed by atoms with E-state index >= 15 is 0 Å². The van der Waals surface area contributed by atoms with Gasteiger partial charge in [0.2, 0.25) is 5.91 Å². The number of hydrogen-bond acceptors (Lipinski definition) is 4. The zero-order chi connectivity index (χ0) is 19.6. The van der Waals surface area contributed by atoms with Crippen LogP contribution >= 0.6 is 0 Å². The largest absolute Gasteiger partial charge is 0.459 e. The summed E-state index contributed by atoms with van der Waals surface area (Å²) in [7, 11) is 0. The van der Waals surface area contributed by atoms with Crippen LogP contribution < -0.4 is 5.32 Å². The van der Waals surface area contributed by atoms with Crippen LogP contribution in [0.4, 0.5) is 0 Å². The number of carbonyl (C=O) groups is 2. The van der Waals surface area contributed by atoms with Crippen LogP contribution in [0.15, 0.2) is 53.1 Å². The molecule has 1 unspecified atom stereocenters. The fraction of sp³-hybridized carbons (Fsp3) is 0.364. The van der Waals surface area contributed by atoms with Gasteiger partial charge in [-0.05, 0) is 24.1 Å². The van der Waals surface area contributed by atoms with E-state index in [1.165, 1.54) is 6.26 Å². The maximum absolute atomic E-state index is 13.0. The third-order valence-corrected chi connectivity index (χ3v) is 5.67. The van der Waals surface area contributed by atoms with Gasteiger partial charge in [0.25, 0.3) is 5.91 Å². The number of carbonyl (C=O) groups excluding carboxylic acids is 2. The number of rotatable bonds is 4. The van der Waals surface area contributed by atoms with Crippen molar-refractivity contribution < 1.29 is 14.0 Å². The summed E-state index contributed by atoms with van der Waals surface area (Å²) in [5, 5.41) is 3.55. The van der Waals surface area contributed by atoms with Crippen molar-refractivity contribution in [1.82, 2.24) is 15.1 Å². The van der Waals surface area contributed by atoms with Gasteiger partial charge in [-0.3, -0.25) is 14.9 Å². The fourth-order valence-electron chi connectivity index (χ4n) is 4.22. The van der Waals surface area contributed by atoms with Crippen molar-refractivity contribution in [1.29, 1.82) is 0 Å². The molecule has 2 aliphatic heterocycles. The molecule has 6 heteroatoms. The summed E-state index contributed by atoms with van der Waals surface area (Å²) in [6.45, 7) is 1.35. The molecule has 1 spiro atoms. The van der Waals surface area contributed by atoms with Crippen molar-refractivity contribution in [3.8, 4) is 12.3 Å². The third kappa shape index (κ3) is 3.30. The summed E-state index contributed by atoms with van der Waals surface area (Å²) >= 11 is 0. The van der Waals surface area contributed by atoms with Crippen LogP contribution in [0.3, 0.4) is 0 Å². The van der Waals surface area contributed by atoms with Crippen LogP contribution in [0.1, 0.15) is 29.0 Å². The Morgan fingerprint density at radius 1 is 1.21 bits per heavy atom. The summed E-state index contributed by atoms with van der Waals surface area (Å²) < 4.78 is 5.23. The summed E-state index contributed by atoms with van der Waals surface area (Å²) in [4.78, 5) is 29.1. The quantitative estimate of drug-likeness (QED) is 0.827. The Balaban J connectivity index is 1.49. The van der Waals surface area contributed by atoms with E-state index in [0.29, 0.717) is 38.1 Å². The highest BCUT2D eigenvalue weighted by atomic mass is 16.3. The molecule has 2 aliphatic rings. The fourth-order valence-corrected chi connectivity index (χ4v) is 4.22. The third-order valence-electron chi connectivity index (χ3n) is 5.67. The molecule has 1 N–H and O–H groups in total. The standard InChI is InChI=1S/C22H23N3O3/c1-2-12-25-20(26)18(16-17-7-4-3-5-8-17)23-22(25)10-13-24(14-11-22)21(27)19-9-6-15-28-19/h1,3-9,15,18,23H,10-14,16H2. The second-order valence-electron chi connectivity index (χ2n) is 7.32. The Morgan fingerprint density at radius 3 is 2.61 bits per heavy atom. The molecule has 2 amide bonds. The highest BCUT2D eigenvalue weighted by Gasteiger charge is 2.51. The van der Waals surface area contributed by atoms with Gasteiger partial charge in [0.05, 0.1) is 24.5 Å². The molecule has 1 atom stereocenters. The average molecular weight is 377 g/mol. The van der Waals surface area contributed by atoms with Crippen LogP contribution in [-0.2, 0) is 11.2 Å². The SMILES string of the molecule is C#CCN1C(=O)C(Cc2ccccc2)NC12CCN(C(=O)c1ccco1)CC2. The molecule has 4 rings (SSSR count). The first-order chi connectivity index (χ1) is 13.6. The van der Waals surface area contributed by atoms with E-state index in [0.717, 1.165) is 5.56 Å². The van der Waals surface area contributed by atoms with E-state index in [-0.39, 0.29) is 24.4 Å². The number of furan rings is 1. The van der Waals surface area contributed by atoms with E-state index < -0.39 is 5.66 Å². The minimum atomic E-state index is -0.497. The highest BCUT2D eigenvalue weighted by Crippen LogP contribution is 2.33. The van der Waals surface area contributed by atoms with Crippen LogP contribution in [0.5, 0.6) is 0 Å². The predicted octanol–water partition coefficient (Wildman–Crippen LogP) is 1.89. The van der Waals surface area contributed by atoms with Crippen molar-refractivity contribution in [3.05, 3.63) is 60.1 Å². The lowest BCUT2D eigenvalue weighted by atomic mass is 9.95. The van der Waals surface area contributed by atoms with Crippen molar-refractivity contribution >= 4 is 11.8 Å². The van der Waals surface area contributed by atoms with Crippen molar-refractivity contribution in [2.24, 2.45) is 0 Å². The van der Waals surface area contributed by atoms with Crippen LogP contribution in [0, 0.1) is 12.3 Å². The van der Waals surface area contributed by atoms with Gasteiger partial charge in [-0.15, -0.1) is 6.42 Å². The Hall–Kier alpha value is -3.04. The molecule has 2 fully saturated rings. The number of terminal acetylenes is 1. The Kier molecular flexibility index (Phi) is 4.93. The van der Waals surface area contributed by atoms with Gasteiger partial charge in [-0.1, -0.05) is 36.3 Å². The number of hydrogen-bond donors (Lipinski definition) is 1. The van der Waals surface area contributed by atoms with E-state index in [1.807, 2.05) is 30.3 Å². The second kappa shape index (κ2) is 7.53. The van der Waals surface area contributed by atoms with Crippen molar-refractivity contribution in [2.45, 2.75) is 31.0 Å². The molecule has 0 aliphatic carbocycles. The van der Waals surface area contributed by atoms with E-state index in [1.54, 1.807) is 21.9 Å². The minimum Gasteiger partial charge on any atom is -0.459 e. The Bertz CT molecular complexity index is 878. The molecule has 1 aromatic carbocycles. The second-order valence-corrected chi connectivity index (χ2v) is 7.32. The molecule has 2 saturated heterocycles. The normalized spacial score (nSPS) is 21.1. The minimum absolute atomic E-state index is 0.0348. The summed E-state index contributed by atoms with van der Waals surface area (Å²) in [6.07, 6.45) is 8.95. The summed E-state index contributed by atoms with van der Waals surface area (Å²) in [5.74, 6) is 2.88. The summed E-state index contributed by atoms with van der Waals surface area (Å²) in [6, 6.07) is 13.0. The van der Waals surface area contributed by atoms with Crippen LogP contribution in [-0.4, -0.2) is 53.0 Å². The monoisotopic (exact) mass is 377 g/mol. The Morgan fingerprint density at radius 2 is 1.96 bits per heavy atom. The lowest BCUT2D eigenvalue weighted by Gasteiger charge is -2.44. The molecule has 6 nitrogen and oxygen atoms in total. The number of amides is 2. The zero-order valence-electron chi connectivity index (χ0n) is 15.6. The van der Waals surface area contributed by atoms with Gasteiger partial charge in [-0.25, -0.2) is 0 Å². The molecule has 28 heavy (non-hydrogen) atoms. The van der Waals surface area contributed by atoms with Crippen LogP contribution in [0.25, 0.3) is 0 Å². The number of piperidine rings is 1. The topological polar surface area (TPSA) is 65.8 Å². The average Bonchev–Trinajstić information content (AvgIpc) is 3.33. The molecular formula is C22H23N3O3. The maximum Gasteiger partial charge on any atom is 0.289 e. The van der Waals surface area contributed by atoms with Gasteiger partial charge in [0.1, 0.15) is 0 Å². The van der Waals surface area contributed by atoms with Crippen LogP contribution in [0.2, 0.25) is 0 Å². The first-order valence-corrected chi connectivity index (χ1v) is 9.52. The van der Waals surface area contributed by atoms with Gasteiger partial charge in [0, 0.05) is 25.9 Å². The molecule has 3 heterocycles. The molecule has 0 saturated carbocycles. The summed E-state index contributed by atoms with van der Waals surface area (Å²) in [5.41, 5.74) is 0.611. The van der Waals surface area contributed by atoms with E-state index in [4.69, 9.17) is 10.8 Å². The molecule has 144 valence electrons. The smallest absolute Gasteiger partial charge is 0.289 e. The van der Waals surface area contributed by atoms with Gasteiger partial charge in [-0.2, -0.15) is 0 Å². The predicted molar refractivity (Wildman–Crippen MR) is 104 cm³/mol. The number of nitrogens with zero attached hydrogens (tertiary/aromatic N) is 2. The van der Waals surface area contributed by atoms with Gasteiger partial charge >= 0.3 is 0 Å². The zero-order valence-corrected chi connectivity index (χ0v) is 15.6. The molecule has 0 radical (unpaired) electrons. The molecular weight excluding hydrogens is 354 g/mol. The lowest BCUT2D eigenvalue weighted by Crippen LogP contribution is -2.59. The first-order valence-electron chi connectivity index (χ1n) is 9.52. The number of benzene rings is 1. The first kappa shape index (κ1) is 18.3. The van der Waals surface area contributed by atoms with Crippen molar-refractivity contribution in [3.63, 3.8) is 0 Å². The maximum atomic E-state index is 13.0. The molecule has 1 aromatic heterocycles. The van der Waals surface area contributed by atoms with Gasteiger partial charge < -0.3 is 14.2 Å². The van der Waals surface area contributed by atoms with Gasteiger partial charge in [0.15, 0.2) is 5.76 Å². The highest BCUT2D eigenvalue weighted by molar-refractivity contribution is 5.91. The van der Waals surface area contributed by atoms with E-state index in [2.05, 4.69) is 11.2 Å². The Labute approximate surface area is 164 Å². The number of likely N-dealkylation sites (tertiary alicyclic amines) is 1. The van der Waals surface area contributed by atoms with Crippen molar-refractivity contribution in [2.75, 3.05) is 19.6 Å². The molecule has 0 bridgehead atoms. The lowest BCUT2D eigenvalue weighted by molar-refractivity contribution is -0.132. The van der Waals surface area contributed by atoms with E-state index in [9.17, 15) is 9.59 Å².